The minimum Gasteiger partial charge on any atom is -0.310 e. The Labute approximate surface area is 99.6 Å². The van der Waals surface area contributed by atoms with Crippen LogP contribution in [0, 0.1) is 6.92 Å². The number of benzene rings is 1. The second-order valence-electron chi connectivity index (χ2n) is 4.33. The van der Waals surface area contributed by atoms with Crippen LogP contribution in [0.3, 0.4) is 0 Å². The van der Waals surface area contributed by atoms with Crippen molar-refractivity contribution in [3.8, 4) is 0 Å². The van der Waals surface area contributed by atoms with Gasteiger partial charge in [-0.05, 0) is 31.9 Å². The standard InChI is InChI=1S/C15H23N/c1-5-12(3)11-15(16-6-2)14-9-7-8-13(4)10-14/h7-10,15-16H,3,5-6,11H2,1-2,4H3. The molecule has 1 aromatic carbocycles. The lowest BCUT2D eigenvalue weighted by Gasteiger charge is -2.19. The van der Waals surface area contributed by atoms with Crippen LogP contribution in [0.2, 0.25) is 0 Å². The van der Waals surface area contributed by atoms with E-state index in [0.29, 0.717) is 6.04 Å². The molecule has 88 valence electrons. The molecule has 0 fully saturated rings. The first-order valence-electron chi connectivity index (χ1n) is 6.14. The average molecular weight is 217 g/mol. The molecule has 0 aliphatic carbocycles. The Kier molecular flexibility index (Phi) is 5.27. The van der Waals surface area contributed by atoms with Crippen molar-refractivity contribution in [2.45, 2.75) is 39.7 Å². The fourth-order valence-corrected chi connectivity index (χ4v) is 1.87. The maximum atomic E-state index is 4.10. The highest BCUT2D eigenvalue weighted by Crippen LogP contribution is 2.22. The Morgan fingerprint density at radius 3 is 2.69 bits per heavy atom. The van der Waals surface area contributed by atoms with Gasteiger partial charge in [0.15, 0.2) is 0 Å². The normalized spacial score (nSPS) is 12.4. The van der Waals surface area contributed by atoms with E-state index in [4.69, 9.17) is 0 Å². The van der Waals surface area contributed by atoms with Gasteiger partial charge in [0, 0.05) is 6.04 Å². The van der Waals surface area contributed by atoms with Gasteiger partial charge in [-0.2, -0.15) is 0 Å². The lowest BCUT2D eigenvalue weighted by molar-refractivity contribution is 0.543. The first kappa shape index (κ1) is 13.0. The average Bonchev–Trinajstić information content (AvgIpc) is 2.28. The molecule has 16 heavy (non-hydrogen) atoms. The van der Waals surface area contributed by atoms with Gasteiger partial charge < -0.3 is 5.32 Å². The van der Waals surface area contributed by atoms with E-state index in [0.717, 1.165) is 19.4 Å². The molecule has 0 amide bonds. The third kappa shape index (κ3) is 3.82. The first-order valence-corrected chi connectivity index (χ1v) is 6.14. The quantitative estimate of drug-likeness (QED) is 0.710. The summed E-state index contributed by atoms with van der Waals surface area (Å²) in [5.74, 6) is 0. The topological polar surface area (TPSA) is 12.0 Å². The van der Waals surface area contributed by atoms with Gasteiger partial charge >= 0.3 is 0 Å². The summed E-state index contributed by atoms with van der Waals surface area (Å²) in [6.07, 6.45) is 2.10. The van der Waals surface area contributed by atoms with Crippen LogP contribution >= 0.6 is 0 Å². The molecule has 0 aliphatic heterocycles. The number of hydrogen-bond acceptors (Lipinski definition) is 1. The van der Waals surface area contributed by atoms with Crippen LogP contribution in [0.15, 0.2) is 36.4 Å². The molecule has 1 aromatic rings. The van der Waals surface area contributed by atoms with E-state index in [-0.39, 0.29) is 0 Å². The maximum Gasteiger partial charge on any atom is 0.0357 e. The zero-order valence-electron chi connectivity index (χ0n) is 10.7. The number of hydrogen-bond donors (Lipinski definition) is 1. The fourth-order valence-electron chi connectivity index (χ4n) is 1.87. The van der Waals surface area contributed by atoms with E-state index < -0.39 is 0 Å². The Morgan fingerprint density at radius 1 is 1.38 bits per heavy atom. The van der Waals surface area contributed by atoms with Crippen molar-refractivity contribution in [3.63, 3.8) is 0 Å². The summed E-state index contributed by atoms with van der Waals surface area (Å²) in [7, 11) is 0. The Morgan fingerprint density at radius 2 is 2.12 bits per heavy atom. The summed E-state index contributed by atoms with van der Waals surface area (Å²) in [4.78, 5) is 0. The molecular formula is C15H23N. The van der Waals surface area contributed by atoms with E-state index in [1.807, 2.05) is 0 Å². The summed E-state index contributed by atoms with van der Waals surface area (Å²) in [5.41, 5.74) is 4.01. The minimum absolute atomic E-state index is 0.414. The van der Waals surface area contributed by atoms with E-state index in [1.165, 1.54) is 16.7 Å². The van der Waals surface area contributed by atoms with Gasteiger partial charge in [-0.3, -0.25) is 0 Å². The molecule has 0 saturated heterocycles. The molecule has 0 aliphatic rings. The smallest absolute Gasteiger partial charge is 0.0357 e. The highest BCUT2D eigenvalue weighted by molar-refractivity contribution is 5.26. The van der Waals surface area contributed by atoms with Gasteiger partial charge in [0.05, 0.1) is 0 Å². The zero-order chi connectivity index (χ0) is 12.0. The highest BCUT2D eigenvalue weighted by Gasteiger charge is 2.10. The molecule has 1 heteroatoms. The predicted molar refractivity (Wildman–Crippen MR) is 71.6 cm³/mol. The fraction of sp³-hybridized carbons (Fsp3) is 0.467. The molecular weight excluding hydrogens is 194 g/mol. The second kappa shape index (κ2) is 6.49. The van der Waals surface area contributed by atoms with Crippen LogP contribution in [0.25, 0.3) is 0 Å². The van der Waals surface area contributed by atoms with Crippen molar-refractivity contribution in [1.82, 2.24) is 5.32 Å². The van der Waals surface area contributed by atoms with Gasteiger partial charge in [-0.1, -0.05) is 55.8 Å². The van der Waals surface area contributed by atoms with Gasteiger partial charge in [0.25, 0.3) is 0 Å². The van der Waals surface area contributed by atoms with Crippen LogP contribution in [-0.4, -0.2) is 6.54 Å². The van der Waals surface area contributed by atoms with Crippen LogP contribution in [-0.2, 0) is 0 Å². The van der Waals surface area contributed by atoms with Gasteiger partial charge in [-0.15, -0.1) is 0 Å². The van der Waals surface area contributed by atoms with E-state index in [2.05, 4.69) is 56.9 Å². The van der Waals surface area contributed by atoms with Gasteiger partial charge in [0.1, 0.15) is 0 Å². The maximum absolute atomic E-state index is 4.10. The highest BCUT2D eigenvalue weighted by atomic mass is 14.9. The lowest BCUT2D eigenvalue weighted by Crippen LogP contribution is -2.21. The van der Waals surface area contributed by atoms with Crippen molar-refractivity contribution >= 4 is 0 Å². The molecule has 0 bridgehead atoms. The monoisotopic (exact) mass is 217 g/mol. The second-order valence-corrected chi connectivity index (χ2v) is 4.33. The van der Waals surface area contributed by atoms with Crippen molar-refractivity contribution < 1.29 is 0 Å². The summed E-state index contributed by atoms with van der Waals surface area (Å²) in [6.45, 7) is 11.6. The summed E-state index contributed by atoms with van der Waals surface area (Å²) in [5, 5.41) is 3.53. The molecule has 1 N–H and O–H groups in total. The molecule has 1 atom stereocenters. The van der Waals surface area contributed by atoms with Crippen LogP contribution in [0.4, 0.5) is 0 Å². The third-order valence-electron chi connectivity index (χ3n) is 2.89. The third-order valence-corrected chi connectivity index (χ3v) is 2.89. The molecule has 1 rings (SSSR count). The Hall–Kier alpha value is -1.08. The van der Waals surface area contributed by atoms with E-state index in [1.54, 1.807) is 0 Å². The molecule has 0 saturated carbocycles. The van der Waals surface area contributed by atoms with Gasteiger partial charge in [-0.25, -0.2) is 0 Å². The SMILES string of the molecule is C=C(CC)CC(NCC)c1cccc(C)c1. The Bertz CT molecular complexity index is 341. The minimum atomic E-state index is 0.414. The first-order chi connectivity index (χ1) is 7.67. The Balaban J connectivity index is 2.80. The van der Waals surface area contributed by atoms with Crippen LogP contribution < -0.4 is 5.32 Å². The predicted octanol–water partition coefficient (Wildman–Crippen LogP) is 4.00. The largest absolute Gasteiger partial charge is 0.310 e. The molecule has 0 heterocycles. The number of aryl methyl sites for hydroxylation is 1. The van der Waals surface area contributed by atoms with Crippen molar-refractivity contribution in [2.75, 3.05) is 6.54 Å². The summed E-state index contributed by atoms with van der Waals surface area (Å²) < 4.78 is 0. The van der Waals surface area contributed by atoms with Crippen molar-refractivity contribution in [2.24, 2.45) is 0 Å². The summed E-state index contributed by atoms with van der Waals surface area (Å²) >= 11 is 0. The van der Waals surface area contributed by atoms with Crippen LogP contribution in [0.5, 0.6) is 0 Å². The lowest BCUT2D eigenvalue weighted by atomic mass is 9.97. The van der Waals surface area contributed by atoms with Crippen molar-refractivity contribution in [3.05, 3.63) is 47.5 Å². The summed E-state index contributed by atoms with van der Waals surface area (Å²) in [6, 6.07) is 9.14. The molecule has 0 aromatic heterocycles. The number of rotatable bonds is 6. The zero-order valence-corrected chi connectivity index (χ0v) is 10.7. The molecule has 1 nitrogen and oxygen atoms in total. The number of nitrogens with one attached hydrogen (secondary N) is 1. The molecule has 1 unspecified atom stereocenters. The van der Waals surface area contributed by atoms with Crippen molar-refractivity contribution in [1.29, 1.82) is 0 Å². The van der Waals surface area contributed by atoms with E-state index >= 15 is 0 Å². The molecule has 0 spiro atoms. The van der Waals surface area contributed by atoms with Crippen LogP contribution in [0.1, 0.15) is 43.9 Å². The van der Waals surface area contributed by atoms with E-state index in [9.17, 15) is 0 Å². The molecule has 0 radical (unpaired) electrons. The van der Waals surface area contributed by atoms with Gasteiger partial charge in [0.2, 0.25) is 0 Å².